The summed E-state index contributed by atoms with van der Waals surface area (Å²) in [6, 6.07) is 0.389. The first kappa shape index (κ1) is 13.2. The lowest BCUT2D eigenvalue weighted by Crippen LogP contribution is -2.12. The van der Waals surface area contributed by atoms with Crippen molar-refractivity contribution in [2.75, 3.05) is 0 Å². The maximum atomic E-state index is 6.67. The van der Waals surface area contributed by atoms with E-state index in [0.29, 0.717) is 23.8 Å². The van der Waals surface area contributed by atoms with Gasteiger partial charge in [-0.3, -0.25) is 0 Å². The SMILES string of the molecule is [B]C12CCc3c(nnn3C(C)C)CCC1C2C(C)C. The van der Waals surface area contributed by atoms with Gasteiger partial charge in [-0.1, -0.05) is 24.4 Å². The Kier molecular flexibility index (Phi) is 3.03. The molecule has 1 saturated carbocycles. The molecule has 2 aliphatic carbocycles. The van der Waals surface area contributed by atoms with Crippen LogP contribution in [0.1, 0.15) is 58.0 Å². The smallest absolute Gasteiger partial charge is 0.0859 e. The van der Waals surface area contributed by atoms with Crippen molar-refractivity contribution in [2.24, 2.45) is 17.8 Å². The van der Waals surface area contributed by atoms with Crippen LogP contribution in [0.5, 0.6) is 0 Å². The third-order valence-electron chi connectivity index (χ3n) is 5.20. The van der Waals surface area contributed by atoms with Crippen molar-refractivity contribution < 1.29 is 0 Å². The third kappa shape index (κ3) is 1.95. The number of aromatic nitrogens is 3. The van der Waals surface area contributed by atoms with Gasteiger partial charge in [0.15, 0.2) is 0 Å². The summed E-state index contributed by atoms with van der Waals surface area (Å²) in [6.45, 7) is 8.96. The molecule has 102 valence electrons. The minimum atomic E-state index is 0.0813. The van der Waals surface area contributed by atoms with Crippen molar-refractivity contribution >= 4 is 7.85 Å². The highest BCUT2D eigenvalue weighted by Crippen LogP contribution is 2.70. The Balaban J connectivity index is 1.85. The molecule has 0 aliphatic heterocycles. The first-order chi connectivity index (χ1) is 8.95. The zero-order valence-corrected chi connectivity index (χ0v) is 12.6. The van der Waals surface area contributed by atoms with Crippen LogP contribution in [0.2, 0.25) is 5.31 Å². The number of nitrogens with zero attached hydrogens (tertiary/aromatic N) is 3. The lowest BCUT2D eigenvalue weighted by molar-refractivity contribution is 0.476. The van der Waals surface area contributed by atoms with E-state index in [0.717, 1.165) is 19.3 Å². The molecule has 0 aromatic carbocycles. The Morgan fingerprint density at radius 3 is 2.63 bits per heavy atom. The molecule has 19 heavy (non-hydrogen) atoms. The molecule has 2 radical (unpaired) electrons. The lowest BCUT2D eigenvalue weighted by atomic mass is 9.73. The molecule has 3 rings (SSSR count). The molecule has 1 fully saturated rings. The van der Waals surface area contributed by atoms with Gasteiger partial charge in [0.1, 0.15) is 0 Å². The number of aryl methyl sites for hydroxylation is 1. The monoisotopic (exact) mass is 257 g/mol. The molecule has 2 aliphatic rings. The van der Waals surface area contributed by atoms with E-state index < -0.39 is 0 Å². The van der Waals surface area contributed by atoms with Gasteiger partial charge in [-0.25, -0.2) is 4.68 Å². The summed E-state index contributed by atoms with van der Waals surface area (Å²) in [4.78, 5) is 0. The van der Waals surface area contributed by atoms with Gasteiger partial charge in [-0.15, -0.1) is 5.10 Å². The summed E-state index contributed by atoms with van der Waals surface area (Å²) in [5, 5.41) is 8.80. The van der Waals surface area contributed by atoms with Gasteiger partial charge >= 0.3 is 0 Å². The van der Waals surface area contributed by atoms with Gasteiger partial charge in [0.25, 0.3) is 0 Å². The van der Waals surface area contributed by atoms with Crippen LogP contribution >= 0.6 is 0 Å². The highest BCUT2D eigenvalue weighted by molar-refractivity contribution is 6.18. The average molecular weight is 257 g/mol. The van der Waals surface area contributed by atoms with Gasteiger partial charge < -0.3 is 0 Å². The topological polar surface area (TPSA) is 30.7 Å². The second-order valence-electron chi connectivity index (χ2n) is 7.05. The van der Waals surface area contributed by atoms with E-state index >= 15 is 0 Å². The second-order valence-corrected chi connectivity index (χ2v) is 7.05. The van der Waals surface area contributed by atoms with Gasteiger partial charge in [0.2, 0.25) is 0 Å². The molecular formula is C15H24BN3. The zero-order chi connectivity index (χ0) is 13.8. The minimum absolute atomic E-state index is 0.0813. The van der Waals surface area contributed by atoms with Crippen molar-refractivity contribution in [3.8, 4) is 0 Å². The molecular weight excluding hydrogens is 233 g/mol. The predicted molar refractivity (Wildman–Crippen MR) is 77.3 cm³/mol. The van der Waals surface area contributed by atoms with E-state index in [-0.39, 0.29) is 5.31 Å². The van der Waals surface area contributed by atoms with Crippen LogP contribution in [0.25, 0.3) is 0 Å². The molecule has 3 unspecified atom stereocenters. The van der Waals surface area contributed by atoms with Gasteiger partial charge in [0.05, 0.1) is 19.2 Å². The fourth-order valence-electron chi connectivity index (χ4n) is 4.30. The van der Waals surface area contributed by atoms with E-state index in [1.807, 2.05) is 0 Å². The molecule has 3 atom stereocenters. The number of rotatable bonds is 2. The zero-order valence-electron chi connectivity index (χ0n) is 12.6. The van der Waals surface area contributed by atoms with Gasteiger partial charge in [0, 0.05) is 6.04 Å². The molecule has 0 amide bonds. The normalized spacial score (nSPS) is 33.8. The Morgan fingerprint density at radius 2 is 2.00 bits per heavy atom. The largest absolute Gasteiger partial charge is 0.247 e. The molecule has 1 heterocycles. The highest BCUT2D eigenvalue weighted by atomic mass is 15.4. The summed E-state index contributed by atoms with van der Waals surface area (Å²) < 4.78 is 2.09. The third-order valence-corrected chi connectivity index (χ3v) is 5.20. The van der Waals surface area contributed by atoms with Crippen LogP contribution in [0.15, 0.2) is 0 Å². The van der Waals surface area contributed by atoms with Crippen molar-refractivity contribution in [3.63, 3.8) is 0 Å². The Bertz CT molecular complexity index is 480. The lowest BCUT2D eigenvalue weighted by Gasteiger charge is -2.18. The molecule has 0 N–H and O–H groups in total. The maximum Gasteiger partial charge on any atom is 0.0859 e. The number of hydrogen-bond acceptors (Lipinski definition) is 2. The van der Waals surface area contributed by atoms with Crippen LogP contribution in [0.4, 0.5) is 0 Å². The van der Waals surface area contributed by atoms with Gasteiger partial charge in [-0.05, 0) is 57.3 Å². The fourth-order valence-corrected chi connectivity index (χ4v) is 4.30. The van der Waals surface area contributed by atoms with E-state index in [1.54, 1.807) is 0 Å². The van der Waals surface area contributed by atoms with Crippen molar-refractivity contribution in [1.29, 1.82) is 0 Å². The van der Waals surface area contributed by atoms with Crippen LogP contribution in [-0.2, 0) is 12.8 Å². The van der Waals surface area contributed by atoms with Crippen LogP contribution in [-0.4, -0.2) is 22.8 Å². The molecule has 1 aromatic heterocycles. The first-order valence-corrected chi connectivity index (χ1v) is 7.67. The Morgan fingerprint density at radius 1 is 1.26 bits per heavy atom. The first-order valence-electron chi connectivity index (χ1n) is 7.67. The summed E-state index contributed by atoms with van der Waals surface area (Å²) >= 11 is 0. The number of fused-ring (bicyclic) bond motifs is 2. The van der Waals surface area contributed by atoms with Crippen LogP contribution in [0, 0.1) is 17.8 Å². The van der Waals surface area contributed by atoms with E-state index in [1.165, 1.54) is 17.8 Å². The van der Waals surface area contributed by atoms with Crippen molar-refractivity contribution in [2.45, 2.75) is 64.7 Å². The van der Waals surface area contributed by atoms with Crippen LogP contribution in [0.3, 0.4) is 0 Å². The summed E-state index contributed by atoms with van der Waals surface area (Å²) in [7, 11) is 6.67. The highest BCUT2D eigenvalue weighted by Gasteiger charge is 2.60. The summed E-state index contributed by atoms with van der Waals surface area (Å²) in [5.41, 5.74) is 2.54. The van der Waals surface area contributed by atoms with E-state index in [2.05, 4.69) is 42.7 Å². The second kappa shape index (κ2) is 4.36. The average Bonchev–Trinajstić information content (AvgIpc) is 2.71. The predicted octanol–water partition coefficient (Wildman–Crippen LogP) is 2.97. The maximum absolute atomic E-state index is 6.67. The van der Waals surface area contributed by atoms with E-state index in [4.69, 9.17) is 7.85 Å². The van der Waals surface area contributed by atoms with Crippen molar-refractivity contribution in [3.05, 3.63) is 11.4 Å². The fraction of sp³-hybridized carbons (Fsp3) is 0.867. The summed E-state index contributed by atoms with van der Waals surface area (Å²) in [5.74, 6) is 2.10. The molecule has 0 saturated heterocycles. The molecule has 0 bridgehead atoms. The Labute approximate surface area is 117 Å². The molecule has 3 nitrogen and oxygen atoms in total. The molecule has 1 aromatic rings. The number of hydrogen-bond donors (Lipinski definition) is 0. The van der Waals surface area contributed by atoms with Crippen LogP contribution < -0.4 is 0 Å². The molecule has 4 heteroatoms. The quantitative estimate of drug-likeness (QED) is 0.762. The van der Waals surface area contributed by atoms with Gasteiger partial charge in [-0.2, -0.15) is 0 Å². The standard InChI is InChI=1S/C15H24BN3/c1-9(2)14-11-5-6-12-13(7-8-15(11,14)16)19(10(3)4)18-17-12/h9-11,14H,5-8H2,1-4H3. The summed E-state index contributed by atoms with van der Waals surface area (Å²) in [6.07, 6.45) is 4.36. The minimum Gasteiger partial charge on any atom is -0.247 e. The van der Waals surface area contributed by atoms with Crippen molar-refractivity contribution in [1.82, 2.24) is 15.0 Å². The Hall–Kier alpha value is -0.795. The van der Waals surface area contributed by atoms with E-state index in [9.17, 15) is 0 Å². The molecule has 0 spiro atoms.